The summed E-state index contributed by atoms with van der Waals surface area (Å²) in [7, 11) is 0. The molecule has 1 saturated heterocycles. The topological polar surface area (TPSA) is 235 Å². The Morgan fingerprint density at radius 3 is 2.28 bits per heavy atom. The van der Waals surface area contributed by atoms with Gasteiger partial charge < -0.3 is 67.5 Å². The zero-order valence-corrected chi connectivity index (χ0v) is 20.4. The fraction of sp³-hybridized carbons (Fsp3) is 0.292. The number of phenols is 4. The first-order valence-corrected chi connectivity index (χ1v) is 11.0. The first kappa shape index (κ1) is 29.5. The summed E-state index contributed by atoms with van der Waals surface area (Å²) in [6.45, 7) is -0.683. The quantitative estimate of drug-likeness (QED) is 0.0630. The van der Waals surface area contributed by atoms with Crippen LogP contribution in [0.25, 0.3) is 22.3 Å². The van der Waals surface area contributed by atoms with Crippen molar-refractivity contribution in [1.29, 1.82) is 0 Å². The molecular formula is C24H23ClO14. The number of carboxylic acids is 1. The van der Waals surface area contributed by atoms with Crippen LogP contribution in [0.3, 0.4) is 0 Å². The molecule has 14 nitrogen and oxygen atoms in total. The monoisotopic (exact) mass is 570 g/mol. The molecule has 210 valence electrons. The van der Waals surface area contributed by atoms with E-state index in [1.165, 1.54) is 18.2 Å². The molecular weight excluding hydrogens is 548 g/mol. The number of halogens is 1. The molecule has 39 heavy (non-hydrogen) atoms. The van der Waals surface area contributed by atoms with Gasteiger partial charge in [-0.25, -0.2) is 4.42 Å². The minimum atomic E-state index is -1.85. The van der Waals surface area contributed by atoms with Crippen molar-refractivity contribution in [2.45, 2.75) is 37.1 Å². The number of ether oxygens (including phenoxy) is 3. The predicted molar refractivity (Wildman–Crippen MR) is 123 cm³/mol. The van der Waals surface area contributed by atoms with E-state index in [-0.39, 0.29) is 46.2 Å². The minimum Gasteiger partial charge on any atom is -1.00 e. The molecule has 1 aromatic heterocycles. The number of esters is 1. The second-order valence-electron chi connectivity index (χ2n) is 8.41. The van der Waals surface area contributed by atoms with E-state index in [0.717, 1.165) is 18.2 Å². The van der Waals surface area contributed by atoms with Crippen molar-refractivity contribution in [2.24, 2.45) is 0 Å². The van der Waals surface area contributed by atoms with Gasteiger partial charge in [-0.15, -0.1) is 0 Å². The number of phenolic OH excluding ortho intramolecular Hbond substituents is 4. The molecule has 2 aromatic carbocycles. The summed E-state index contributed by atoms with van der Waals surface area (Å²) < 4.78 is 21.8. The standard InChI is InChI=1S/C24H22O14.ClH/c25-10-4-13(27)11-6-16(23(36-15(11)5-10)9-1-2-12(26)14(28)3-9)37-24-22(34)21(33)20(32)17(38-24)8-35-19(31)7-18(29)30;/h1-6,17,20-22,24,32-34H,7-8H2,(H4-,25,26,27,28,29,30);1H/t17-,20-,21+,22-,24-;/m1./s1. The van der Waals surface area contributed by atoms with Crippen molar-refractivity contribution >= 4 is 22.9 Å². The number of fused-ring (bicyclic) bond motifs is 1. The fourth-order valence-electron chi connectivity index (χ4n) is 3.76. The highest BCUT2D eigenvalue weighted by atomic mass is 35.5. The average molecular weight is 571 g/mol. The average Bonchev–Trinajstić information content (AvgIpc) is 2.84. The molecule has 4 rings (SSSR count). The van der Waals surface area contributed by atoms with Gasteiger partial charge in [0.1, 0.15) is 54.3 Å². The molecule has 3 aromatic rings. The van der Waals surface area contributed by atoms with Gasteiger partial charge in [-0.1, -0.05) is 0 Å². The lowest BCUT2D eigenvalue weighted by atomic mass is 9.99. The third-order valence-electron chi connectivity index (χ3n) is 5.67. The minimum absolute atomic E-state index is 0. The van der Waals surface area contributed by atoms with Gasteiger partial charge in [-0.05, 0) is 12.1 Å². The lowest BCUT2D eigenvalue weighted by molar-refractivity contribution is -0.278. The number of carboxylic acid groups (broad SMARTS) is 1. The van der Waals surface area contributed by atoms with Crippen LogP contribution in [-0.4, -0.2) is 90.1 Å². The Kier molecular flexibility index (Phi) is 8.88. The third-order valence-corrected chi connectivity index (χ3v) is 5.67. The van der Waals surface area contributed by atoms with Crippen LogP contribution in [0.2, 0.25) is 0 Å². The van der Waals surface area contributed by atoms with Gasteiger partial charge in [0, 0.05) is 18.2 Å². The smallest absolute Gasteiger partial charge is 0.402 e. The molecule has 15 heteroatoms. The zero-order valence-electron chi connectivity index (χ0n) is 19.7. The molecule has 1 fully saturated rings. The van der Waals surface area contributed by atoms with E-state index >= 15 is 0 Å². The summed E-state index contributed by atoms with van der Waals surface area (Å²) in [6, 6.07) is 7.09. The molecule has 1 aliphatic rings. The van der Waals surface area contributed by atoms with Gasteiger partial charge in [0.2, 0.25) is 12.0 Å². The van der Waals surface area contributed by atoms with Crippen molar-refractivity contribution in [3.8, 4) is 40.1 Å². The number of carbonyl (C=O) groups excluding carboxylic acids is 1. The summed E-state index contributed by atoms with van der Waals surface area (Å²) in [5, 5.41) is 79.6. The van der Waals surface area contributed by atoms with Crippen LogP contribution in [-0.2, 0) is 19.1 Å². The van der Waals surface area contributed by atoms with Crippen LogP contribution in [0.5, 0.6) is 28.7 Å². The number of benzene rings is 2. The van der Waals surface area contributed by atoms with E-state index in [0.29, 0.717) is 0 Å². The van der Waals surface area contributed by atoms with Gasteiger partial charge >= 0.3 is 23.3 Å². The summed E-state index contributed by atoms with van der Waals surface area (Å²) >= 11 is 0. The molecule has 0 radical (unpaired) electrons. The first-order valence-electron chi connectivity index (χ1n) is 11.0. The third kappa shape index (κ3) is 6.32. The normalized spacial score (nSPS) is 22.6. The maximum atomic E-state index is 11.6. The van der Waals surface area contributed by atoms with Crippen LogP contribution in [0, 0.1) is 0 Å². The Morgan fingerprint density at radius 1 is 0.897 bits per heavy atom. The molecule has 0 unspecified atom stereocenters. The van der Waals surface area contributed by atoms with Crippen molar-refractivity contribution in [3.05, 3.63) is 36.4 Å². The zero-order chi connectivity index (χ0) is 27.7. The number of rotatable bonds is 7. The Morgan fingerprint density at radius 2 is 1.62 bits per heavy atom. The molecule has 0 spiro atoms. The van der Waals surface area contributed by atoms with E-state index in [2.05, 4.69) is 0 Å². The maximum absolute atomic E-state index is 11.6. The second-order valence-corrected chi connectivity index (χ2v) is 8.41. The van der Waals surface area contributed by atoms with Crippen molar-refractivity contribution in [2.75, 3.05) is 6.61 Å². The van der Waals surface area contributed by atoms with E-state index in [1.807, 2.05) is 0 Å². The number of aliphatic hydroxyl groups excluding tert-OH is 3. The SMILES string of the molecule is O=C(O)CC(=O)OC[C@H]1O[C@@H](Oc2cc3c(O)cc(O)cc3[o+]c2-c2ccc(O)c(O)c2)[C@H](O)[C@@H](O)[C@@H]1O.[Cl-]. The van der Waals surface area contributed by atoms with Gasteiger partial charge in [-0.2, -0.15) is 0 Å². The van der Waals surface area contributed by atoms with Gasteiger partial charge in [-0.3, -0.25) is 9.59 Å². The van der Waals surface area contributed by atoms with Crippen LogP contribution < -0.4 is 17.1 Å². The molecule has 5 atom stereocenters. The highest BCUT2D eigenvalue weighted by Gasteiger charge is 2.46. The summed E-state index contributed by atoms with van der Waals surface area (Å²) in [5.41, 5.74) is 0.131. The Bertz CT molecular complexity index is 1380. The van der Waals surface area contributed by atoms with Gasteiger partial charge in [0.25, 0.3) is 0 Å². The molecule has 0 saturated carbocycles. The lowest BCUT2D eigenvalue weighted by Crippen LogP contribution is -3.00. The number of aliphatic hydroxyl groups is 3. The molecule has 2 heterocycles. The Hall–Kier alpha value is -4.08. The summed E-state index contributed by atoms with van der Waals surface area (Å²) in [5.74, 6) is -4.59. The van der Waals surface area contributed by atoms with Gasteiger partial charge in [0.15, 0.2) is 11.5 Å². The molecule has 8 N–H and O–H groups in total. The van der Waals surface area contributed by atoms with Crippen molar-refractivity contribution in [1.82, 2.24) is 0 Å². The van der Waals surface area contributed by atoms with Crippen molar-refractivity contribution < 1.29 is 81.5 Å². The highest BCUT2D eigenvalue weighted by molar-refractivity contribution is 5.90. The lowest BCUT2D eigenvalue weighted by Gasteiger charge is -2.39. The van der Waals surface area contributed by atoms with Gasteiger partial charge in [0.05, 0.1) is 11.6 Å². The summed E-state index contributed by atoms with van der Waals surface area (Å²) in [4.78, 5) is 22.2. The molecule has 0 amide bonds. The summed E-state index contributed by atoms with van der Waals surface area (Å²) in [6.07, 6.45) is -9.55. The van der Waals surface area contributed by atoms with Crippen molar-refractivity contribution in [3.63, 3.8) is 0 Å². The molecule has 1 aliphatic heterocycles. The number of aliphatic carboxylic acids is 1. The number of hydrogen-bond acceptors (Lipinski definition) is 12. The van der Waals surface area contributed by atoms with Crippen LogP contribution in [0.4, 0.5) is 0 Å². The predicted octanol–water partition coefficient (Wildman–Crippen LogP) is -2.59. The largest absolute Gasteiger partial charge is 1.00 e. The van der Waals surface area contributed by atoms with E-state index in [9.17, 15) is 45.3 Å². The van der Waals surface area contributed by atoms with E-state index in [4.69, 9.17) is 23.7 Å². The number of carbonyl (C=O) groups is 2. The molecule has 0 bridgehead atoms. The Labute approximate surface area is 224 Å². The first-order chi connectivity index (χ1) is 17.9. The highest BCUT2D eigenvalue weighted by Crippen LogP contribution is 2.42. The Balaban J connectivity index is 0.00000420. The number of hydrogen-bond donors (Lipinski definition) is 8. The number of aromatic hydroxyl groups is 4. The van der Waals surface area contributed by atoms with E-state index < -0.39 is 72.9 Å². The van der Waals surface area contributed by atoms with Crippen LogP contribution in [0.15, 0.2) is 40.8 Å². The second kappa shape index (κ2) is 11.8. The van der Waals surface area contributed by atoms with Crippen LogP contribution in [0.1, 0.15) is 6.42 Å². The van der Waals surface area contributed by atoms with E-state index in [1.54, 1.807) is 0 Å². The fourth-order valence-corrected chi connectivity index (χ4v) is 3.76. The maximum Gasteiger partial charge on any atom is 0.402 e. The van der Waals surface area contributed by atoms with Crippen LogP contribution >= 0.6 is 0 Å². The molecule has 0 aliphatic carbocycles.